The molecule has 44 nitrogen and oxygen atoms in total. The number of hydrogen-bond donors (Lipinski definition) is 25. The maximum Gasteiger partial charge on any atom is 0.315 e. The third-order valence-corrected chi connectivity index (χ3v) is 30.9. The predicted molar refractivity (Wildman–Crippen MR) is 407 cm³/mol. The van der Waals surface area contributed by atoms with Gasteiger partial charge >= 0.3 is 5.97 Å². The number of rotatable bonds is 23. The minimum Gasteiger partial charge on any atom is -0.432 e. The van der Waals surface area contributed by atoms with E-state index in [1.807, 2.05) is 0 Å². The van der Waals surface area contributed by atoms with Crippen molar-refractivity contribution in [3.63, 3.8) is 0 Å². The first-order valence-corrected chi connectivity index (χ1v) is 43.4. The molecule has 4 saturated carbocycles. The van der Waals surface area contributed by atoms with E-state index in [2.05, 4.69) is 40.7 Å². The summed E-state index contributed by atoms with van der Waals surface area (Å²) in [7, 11) is 0. The molecular formula is C81H132O44. The Morgan fingerprint density at radius 1 is 0.400 bits per heavy atom. The highest BCUT2D eigenvalue weighted by molar-refractivity contribution is 5.79. The van der Waals surface area contributed by atoms with Crippen molar-refractivity contribution in [2.75, 3.05) is 52.9 Å². The first kappa shape index (κ1) is 98.5. The van der Waals surface area contributed by atoms with Crippen molar-refractivity contribution in [3.8, 4) is 0 Å². The van der Waals surface area contributed by atoms with Gasteiger partial charge in [0.1, 0.15) is 170 Å². The van der Waals surface area contributed by atoms with Crippen LogP contribution in [0.5, 0.6) is 0 Å². The van der Waals surface area contributed by atoms with Crippen molar-refractivity contribution in [1.29, 1.82) is 0 Å². The summed E-state index contributed by atoms with van der Waals surface area (Å²) in [5, 5.41) is 280. The van der Waals surface area contributed by atoms with Crippen LogP contribution in [-0.4, -0.2) is 450 Å². The number of carbonyl (C=O) groups excluding carboxylic acids is 1. The summed E-state index contributed by atoms with van der Waals surface area (Å²) in [5.74, 6) is -1.94. The highest BCUT2D eigenvalue weighted by Gasteiger charge is 2.73. The summed E-state index contributed by atoms with van der Waals surface area (Å²) >= 11 is 0. The normalized spacial score (nSPS) is 55.6. The summed E-state index contributed by atoms with van der Waals surface area (Å²) in [4.78, 5) is 16.4. The van der Waals surface area contributed by atoms with E-state index in [1.165, 1.54) is 20.8 Å². The van der Waals surface area contributed by atoms with E-state index in [4.69, 9.17) is 85.3 Å². The molecule has 5 aliphatic carbocycles. The van der Waals surface area contributed by atoms with Gasteiger partial charge in [-0.15, -0.1) is 0 Å². The second kappa shape index (κ2) is 37.7. The van der Waals surface area contributed by atoms with E-state index in [0.717, 1.165) is 5.57 Å². The molecule has 9 heterocycles. The Bertz CT molecular complexity index is 3630. The van der Waals surface area contributed by atoms with Crippen molar-refractivity contribution in [2.24, 2.45) is 50.2 Å². The van der Waals surface area contributed by atoms with E-state index in [1.54, 1.807) is 6.92 Å². The molecular weight excluding hydrogens is 1680 g/mol. The largest absolute Gasteiger partial charge is 0.432 e. The Hall–Kier alpha value is -2.47. The quantitative estimate of drug-likeness (QED) is 0.0257. The van der Waals surface area contributed by atoms with E-state index in [9.17, 15) is 128 Å². The lowest BCUT2D eigenvalue weighted by molar-refractivity contribution is -0.402. The molecule has 0 spiro atoms. The molecule has 9 saturated heterocycles. The van der Waals surface area contributed by atoms with Gasteiger partial charge in [-0.1, -0.05) is 53.2 Å². The average Bonchev–Trinajstić information content (AvgIpc) is 0.862. The smallest absolute Gasteiger partial charge is 0.315 e. The van der Waals surface area contributed by atoms with E-state index in [-0.39, 0.29) is 30.6 Å². The molecule has 0 aromatic carbocycles. The molecule has 0 bridgehead atoms. The highest BCUT2D eigenvalue weighted by Crippen LogP contribution is 2.76. The minimum absolute atomic E-state index is 0.0963. The van der Waals surface area contributed by atoms with E-state index in [0.29, 0.717) is 38.5 Å². The van der Waals surface area contributed by atoms with Crippen LogP contribution in [0.1, 0.15) is 120 Å². The van der Waals surface area contributed by atoms with Crippen LogP contribution >= 0.6 is 0 Å². The maximum absolute atomic E-state index is 16.4. The second-order valence-corrected chi connectivity index (χ2v) is 39.1. The predicted octanol–water partition coefficient (Wildman–Crippen LogP) is -9.97. The Morgan fingerprint density at radius 2 is 0.888 bits per heavy atom. The van der Waals surface area contributed by atoms with Crippen LogP contribution in [0.2, 0.25) is 0 Å². The van der Waals surface area contributed by atoms with E-state index >= 15 is 4.79 Å². The molecule has 13 fully saturated rings. The molecule has 0 aromatic rings. The summed E-state index contributed by atoms with van der Waals surface area (Å²) < 4.78 is 110. The van der Waals surface area contributed by atoms with Crippen LogP contribution in [0.25, 0.3) is 0 Å². The van der Waals surface area contributed by atoms with Crippen molar-refractivity contribution < 1.29 is 218 Å². The zero-order chi connectivity index (χ0) is 91.1. The van der Waals surface area contributed by atoms with Gasteiger partial charge in [0.05, 0.1) is 88.8 Å². The summed E-state index contributed by atoms with van der Waals surface area (Å²) in [5.41, 5.74) is -6.41. The van der Waals surface area contributed by atoms with Crippen LogP contribution in [-0.2, 0) is 90.1 Å². The number of hydrogen-bond acceptors (Lipinski definition) is 44. The van der Waals surface area contributed by atoms with Crippen molar-refractivity contribution in [1.82, 2.24) is 0 Å². The van der Waals surface area contributed by atoms with Crippen molar-refractivity contribution in [3.05, 3.63) is 11.6 Å². The monoisotopic (exact) mass is 1810 g/mol. The maximum atomic E-state index is 16.4. The number of fused-ring (bicyclic) bond motifs is 7. The van der Waals surface area contributed by atoms with Gasteiger partial charge in [-0.05, 0) is 118 Å². The van der Waals surface area contributed by atoms with Gasteiger partial charge in [0.25, 0.3) is 0 Å². The molecule has 0 radical (unpaired) electrons. The molecule has 9 aliphatic heterocycles. The van der Waals surface area contributed by atoms with Crippen LogP contribution < -0.4 is 0 Å². The fourth-order valence-corrected chi connectivity index (χ4v) is 23.1. The van der Waals surface area contributed by atoms with Crippen LogP contribution in [0, 0.1) is 50.2 Å². The van der Waals surface area contributed by atoms with Crippen LogP contribution in [0.4, 0.5) is 0 Å². The van der Waals surface area contributed by atoms with Gasteiger partial charge in [-0.2, -0.15) is 0 Å². The average molecular weight is 1810 g/mol. The Morgan fingerprint density at radius 3 is 1.50 bits per heavy atom. The van der Waals surface area contributed by atoms with Gasteiger partial charge in [0.2, 0.25) is 6.29 Å². The Balaban J connectivity index is 0.734. The zero-order valence-electron chi connectivity index (χ0n) is 71.0. The zero-order valence-corrected chi connectivity index (χ0v) is 71.0. The first-order valence-electron chi connectivity index (χ1n) is 43.4. The lowest BCUT2D eigenvalue weighted by atomic mass is 9.33. The number of esters is 1. The Kier molecular flexibility index (Phi) is 29.7. The van der Waals surface area contributed by atoms with Crippen LogP contribution in [0.15, 0.2) is 11.6 Å². The molecule has 125 heavy (non-hydrogen) atoms. The van der Waals surface area contributed by atoms with Crippen molar-refractivity contribution in [2.45, 2.75) is 384 Å². The van der Waals surface area contributed by atoms with Crippen molar-refractivity contribution >= 4 is 5.97 Å². The summed E-state index contributed by atoms with van der Waals surface area (Å²) in [6.07, 6.45) is -70.7. The lowest BCUT2D eigenvalue weighted by Gasteiger charge is -2.72. The van der Waals surface area contributed by atoms with Gasteiger partial charge in [0, 0.05) is 5.41 Å². The number of allylic oxidation sites excluding steroid dienone is 2. The van der Waals surface area contributed by atoms with Gasteiger partial charge < -0.3 is 213 Å². The number of aliphatic hydroxyl groups is 25. The Labute approximate surface area is 719 Å². The lowest BCUT2D eigenvalue weighted by Crippen LogP contribution is -2.70. The molecule has 25 N–H and O–H groups in total. The molecule has 0 aromatic heterocycles. The van der Waals surface area contributed by atoms with Gasteiger partial charge in [0.15, 0.2) is 56.4 Å². The molecule has 14 rings (SSSR count). The minimum atomic E-state index is -2.32. The third-order valence-electron chi connectivity index (χ3n) is 30.9. The fraction of sp³-hybridized carbons (Fsp3) is 0.963. The van der Waals surface area contributed by atoms with E-state index < -0.39 is 361 Å². The van der Waals surface area contributed by atoms with Gasteiger partial charge in [-0.25, -0.2) is 0 Å². The number of ether oxygens (including phenoxy) is 18. The number of aliphatic hydroxyl groups excluding tert-OH is 24. The molecule has 0 unspecified atom stereocenters. The fourth-order valence-electron chi connectivity index (χ4n) is 23.1. The second-order valence-electron chi connectivity index (χ2n) is 39.1. The topological polar surface area (TPSA) is 689 Å². The molecule has 0 amide bonds. The molecule has 51 atom stereocenters. The standard InChI is InChI=1S/C81H132O44/c1-28-41(90)49(98)61(122-68-52(101)48(97)45(94)37(21-83)115-68)71(111-28)118-57-35(89)24-109-66(53(57)102)117-56-30(3)113-69(55(104)60(56)120-65-50(99)43(92)34(88)23-108-65)123-62-59(121-73-63(105)81(107,26-86)27-110-73)42(91)29(2)112-72(62)125-74(106)80-16-14-75(4,5)18-32(80)31-10-11-40-76(6)19-33(87)64(77(7,25-85)39(76)12-13-79(40,9)78(31,8)15-17-80)124-70-54(103)58(46(95)38(22-84)116-70)119-67-51(100)47(96)44(93)36(20-82)114-67/h10,28-30,32-73,82-105,107H,11-27H2,1-9H3/t28-,29+,30-,32-,33-,34+,35+,36+,37+,38+,39+,40+,41-,42+,43-,44+,45-,46+,47-,48-,49+,50+,51+,52+,53+,54+,55+,56-,57-,58-,59-,60-,61+,62+,63-,64-,65-,66-,67-,68-,69-,70-,71-,72-,73-,76-,77-,78+,79+,80-,81+/m0/s1. The SMILES string of the molecule is C[C@@H]1O[C@@H](O[C@@H]2[C@@H](O)[C@H](O[C@@H]3[C@@H](O[C@@H]4OC[C@@H](O)[C@H](O)[C@H]4O)[C@@H](O)[C@H](O[C@H]4[C@H](OC(=O)[C@]56CCC(C)(C)C[C@H]5C5=CC[C@@H]7[C@@]8(C)C[C@H](O)[C@H](O[C@@H]9O[C@H](CO)[C@@H](O)[C@H](O[C@@H]%10O[C@H](CO)[C@@H](O)[C@H](O)[C@H]%10O)[C@H]9O)[C@@](C)(CO)[C@@H]8CC[C@@]7(C)[C@]5(C)CC6)O[C@H](C)[C@@H](O)[C@@H]4O[C@@H]4OC[C@](O)(CO)[C@H]4O)O[C@H]3C)OC[C@H]2O)[C@H](O[C@@H]2O[C@H](CO)[C@H](O)[C@H](O)[C@H]2O)[C@H](O)[C@H]1O. The molecule has 44 heteroatoms. The molecule has 14 aliphatic rings. The summed E-state index contributed by atoms with van der Waals surface area (Å²) in [6, 6.07) is 0. The highest BCUT2D eigenvalue weighted by atomic mass is 16.8. The van der Waals surface area contributed by atoms with Gasteiger partial charge in [-0.3, -0.25) is 4.79 Å². The number of carbonyl (C=O) groups is 1. The van der Waals surface area contributed by atoms with Crippen LogP contribution in [0.3, 0.4) is 0 Å². The first-order chi connectivity index (χ1) is 58.8. The summed E-state index contributed by atoms with van der Waals surface area (Å²) in [6.45, 7) is 10.4. The molecule has 720 valence electrons. The third kappa shape index (κ3) is 17.4.